The standard InChI is InChI=1S/C28H37BN4O2S.C23H25BrN2OS.C23H26N2OS.C15H11NO2S.C8H5NO2.C7H8OS/c1-20(21-9-4-3-5-10-21)30-28(34)26-22-11-6-7-12-24(22)31-27(25-13-8-18-36-25)23(26)19-32-14-16-33(17-15-32)29(2)35;1-15(16-8-3-2-4-9-16)25-23(27)21-17-10-5-6-11-19(17)26-22(18(21)14-24)20-12-7-13-28-20;1-15-21(23(26)24-16(2)17-9-4-3-5-10-17)18-11-6-7-12-19(18)25-22(15)20-13-8-14-27-20;1-9-13(15(17)18)10-5-2-3-6-11(10)16-14(9)12-7-4-8-19-12;10-7-5-3-1-2-4-6(5)9-8(7)11;1-2-6(8)7-4-3-5-9-7/h6-8,11-13,18,20-21,35H,3-5,9-10,14-17,19H2,1-2H3,(H,30,34);5-7,10-13,15-16H,2-4,8-9,14H2,1H3,(H,25,27);6-8,11-14,16-17H,3-5,9-10H2,1-2H3,(H,24,26);2-8H,1H3,(H,17,18);1-4H,(H,9,10,11);3-5H,2H2,1H3/t20-;15-;16-;;;/m000.../s1. The Morgan fingerprint density at radius 3 is 1.19 bits per heavy atom. The van der Waals surface area contributed by atoms with E-state index >= 15 is 0 Å². The summed E-state index contributed by atoms with van der Waals surface area (Å²) < 4.78 is 0. The molecule has 3 saturated carbocycles. The van der Waals surface area contributed by atoms with Gasteiger partial charge in [0.15, 0.2) is 5.78 Å². The number of fused-ring (bicyclic) bond motifs is 5. The molecule has 19 rings (SSSR count). The minimum atomic E-state index is -0.908. The second-order valence-corrected chi connectivity index (χ2v) is 39.3. The molecular formula is C104H112BBrN10O9S5. The Labute approximate surface area is 789 Å². The number of aromatic carboxylic acids is 1. The number of ketones is 2. The van der Waals surface area contributed by atoms with Gasteiger partial charge in [0, 0.05) is 95.3 Å². The van der Waals surface area contributed by atoms with E-state index in [1.54, 1.807) is 75.7 Å². The van der Waals surface area contributed by atoms with Gasteiger partial charge in [0.2, 0.25) is 0 Å². The molecule has 3 aliphatic carbocycles. The number of nitrogens with one attached hydrogen (secondary N) is 4. The number of rotatable bonds is 20. The fourth-order valence-electron chi connectivity index (χ4n) is 18.3. The highest BCUT2D eigenvalue weighted by Crippen LogP contribution is 2.40. The van der Waals surface area contributed by atoms with Crippen LogP contribution in [-0.2, 0) is 16.7 Å². The van der Waals surface area contributed by atoms with Gasteiger partial charge >= 0.3 is 13.0 Å². The molecule has 6 N–H and O–H groups in total. The number of nitrogens with zero attached hydrogens (tertiary/aromatic N) is 6. The van der Waals surface area contributed by atoms with Gasteiger partial charge < -0.3 is 36.2 Å². The lowest BCUT2D eigenvalue weighted by molar-refractivity contribution is -0.112. The fraction of sp³-hybridized carbons (Fsp3) is 0.337. The molecule has 5 aromatic carbocycles. The molecule has 0 unspecified atom stereocenters. The van der Waals surface area contributed by atoms with E-state index in [1.807, 2.05) is 172 Å². The van der Waals surface area contributed by atoms with Gasteiger partial charge in [-0.2, -0.15) is 0 Å². The molecule has 672 valence electrons. The lowest BCUT2D eigenvalue weighted by atomic mass is 9.84. The van der Waals surface area contributed by atoms with Crippen LogP contribution in [0.2, 0.25) is 6.82 Å². The van der Waals surface area contributed by atoms with Crippen LogP contribution in [0, 0.1) is 31.6 Å². The number of benzene rings is 5. The van der Waals surface area contributed by atoms with Crippen LogP contribution >= 0.6 is 72.6 Å². The van der Waals surface area contributed by atoms with Crippen molar-refractivity contribution in [1.29, 1.82) is 0 Å². The summed E-state index contributed by atoms with van der Waals surface area (Å²) >= 11 is 11.7. The maximum Gasteiger partial charge on any atom is 0.376 e. The van der Waals surface area contributed by atoms with Crippen LogP contribution in [0.3, 0.4) is 0 Å². The summed E-state index contributed by atoms with van der Waals surface area (Å²) in [6.45, 7) is 18.0. The number of hydrogen-bond donors (Lipinski definition) is 6. The number of para-hydroxylation sites is 5. The molecule has 0 radical (unpaired) electrons. The van der Waals surface area contributed by atoms with Gasteiger partial charge in [-0.1, -0.05) is 196 Å². The molecule has 3 atom stereocenters. The van der Waals surface area contributed by atoms with Gasteiger partial charge in [-0.05, 0) is 202 Å². The molecule has 0 spiro atoms. The highest BCUT2D eigenvalue weighted by atomic mass is 79.9. The molecule has 9 aromatic heterocycles. The van der Waals surface area contributed by atoms with E-state index in [4.69, 9.17) is 15.0 Å². The predicted octanol–water partition coefficient (Wildman–Crippen LogP) is 24.5. The minimum Gasteiger partial charge on any atom is -0.478 e. The molecule has 4 amide bonds. The van der Waals surface area contributed by atoms with Crippen LogP contribution in [0.15, 0.2) is 209 Å². The number of pyridine rings is 4. The van der Waals surface area contributed by atoms with Crippen molar-refractivity contribution in [3.8, 4) is 42.3 Å². The molecule has 5 aliphatic rings. The van der Waals surface area contributed by atoms with Crippen molar-refractivity contribution in [3.05, 3.63) is 264 Å². The number of Topliss-reactive ketones (excluding diaryl/α,β-unsaturated/α-hetero) is 2. The Morgan fingerprint density at radius 2 is 0.808 bits per heavy atom. The molecule has 130 heavy (non-hydrogen) atoms. The average molecular weight is 1900 g/mol. The number of anilines is 1. The van der Waals surface area contributed by atoms with Crippen molar-refractivity contribution >= 4 is 170 Å². The molecular weight excluding hydrogens is 1780 g/mol. The topological polar surface area (TPSA) is 266 Å². The van der Waals surface area contributed by atoms with E-state index in [-0.39, 0.29) is 41.6 Å². The Hall–Kier alpha value is -10.6. The summed E-state index contributed by atoms with van der Waals surface area (Å²) in [5.74, 6) is 0.131. The first-order valence-corrected chi connectivity index (χ1v) is 50.8. The number of piperazine rings is 1. The Balaban J connectivity index is 0.000000132. The van der Waals surface area contributed by atoms with Crippen molar-refractivity contribution < 1.29 is 43.7 Å². The van der Waals surface area contributed by atoms with E-state index in [1.165, 1.54) is 108 Å². The minimum absolute atomic E-state index is 0.0158. The Bertz CT molecular complexity index is 6230. The van der Waals surface area contributed by atoms with Gasteiger partial charge in [0.1, 0.15) is 0 Å². The average Bonchev–Trinajstić information content (AvgIpc) is 1.69. The first kappa shape index (κ1) is 95.4. The van der Waals surface area contributed by atoms with E-state index in [9.17, 15) is 43.7 Å². The highest BCUT2D eigenvalue weighted by molar-refractivity contribution is 9.08. The van der Waals surface area contributed by atoms with Crippen LogP contribution in [0.5, 0.6) is 0 Å². The third kappa shape index (κ3) is 23.3. The number of alkyl halides is 1. The van der Waals surface area contributed by atoms with Crippen LogP contribution in [0.4, 0.5) is 5.69 Å². The number of hydrogen-bond acceptors (Lipinski definition) is 19. The van der Waals surface area contributed by atoms with Crippen molar-refractivity contribution in [2.45, 2.75) is 181 Å². The molecule has 1 saturated heterocycles. The number of carboxylic acid groups (broad SMARTS) is 1. The number of carbonyl (C=O) groups excluding carboxylic acids is 6. The molecule has 2 aliphatic heterocycles. The monoisotopic (exact) mass is 1890 g/mol. The van der Waals surface area contributed by atoms with Gasteiger partial charge in [0.25, 0.3) is 29.4 Å². The summed E-state index contributed by atoms with van der Waals surface area (Å²) in [6, 6.07) is 58.7. The quantitative estimate of drug-likeness (QED) is 0.0179. The largest absolute Gasteiger partial charge is 0.478 e. The Morgan fingerprint density at radius 1 is 0.454 bits per heavy atom. The fourth-order valence-corrected chi connectivity index (χ4v) is 22.7. The highest BCUT2D eigenvalue weighted by Gasteiger charge is 2.33. The lowest BCUT2D eigenvalue weighted by Crippen LogP contribution is -2.51. The zero-order chi connectivity index (χ0) is 91.3. The summed E-state index contributed by atoms with van der Waals surface area (Å²) in [6.07, 6.45) is 19.5. The lowest BCUT2D eigenvalue weighted by Gasteiger charge is -2.36. The van der Waals surface area contributed by atoms with Crippen molar-refractivity contribution in [2.24, 2.45) is 17.8 Å². The maximum atomic E-state index is 14.0. The van der Waals surface area contributed by atoms with Crippen molar-refractivity contribution in [1.82, 2.24) is 45.6 Å². The molecule has 4 fully saturated rings. The maximum absolute atomic E-state index is 14.0. The summed E-state index contributed by atoms with van der Waals surface area (Å²) in [5.41, 5.74) is 14.2. The van der Waals surface area contributed by atoms with E-state index < -0.39 is 24.7 Å². The van der Waals surface area contributed by atoms with Crippen LogP contribution in [0.25, 0.3) is 85.9 Å². The molecule has 0 bridgehead atoms. The number of halogens is 1. The van der Waals surface area contributed by atoms with Crippen molar-refractivity contribution in [3.63, 3.8) is 0 Å². The van der Waals surface area contributed by atoms with Gasteiger partial charge in [0.05, 0.1) is 103 Å². The zero-order valence-corrected chi connectivity index (χ0v) is 80.3. The summed E-state index contributed by atoms with van der Waals surface area (Å²) in [4.78, 5) is 114. The molecule has 19 nitrogen and oxygen atoms in total. The normalized spacial score (nSPS) is 15.6. The second-order valence-electron chi connectivity index (χ2n) is 34.0. The SMILES string of the molecule is CB(O)N1CCN(Cc2c(-c3cccs3)nc3ccccc3c2C(=O)N[C@@H](C)C2CCCCC2)CC1.CCC(=O)c1cccs1.C[C@H](NC(=O)c1c(CBr)c(-c2cccs2)nc2ccccc12)C1CCCCC1.Cc1c(-c2cccs2)nc2ccccc2c1C(=O)N[C@@H](C)C1CCCCC1.Cc1c(-c2cccs2)nc2ccccc2c1C(=O)O.O=C1Nc2ccccc2C1=O. The van der Waals surface area contributed by atoms with E-state index in [0.29, 0.717) is 69.3 Å². The van der Waals surface area contributed by atoms with Gasteiger partial charge in [-0.25, -0.2) is 24.7 Å². The van der Waals surface area contributed by atoms with Crippen LogP contribution in [0.1, 0.15) is 214 Å². The smallest absolute Gasteiger partial charge is 0.376 e. The first-order chi connectivity index (χ1) is 63.2. The zero-order valence-electron chi connectivity index (χ0n) is 74.7. The summed E-state index contributed by atoms with van der Waals surface area (Å²) in [5, 5.41) is 46.1. The predicted molar refractivity (Wildman–Crippen MR) is 539 cm³/mol. The summed E-state index contributed by atoms with van der Waals surface area (Å²) in [7, 11) is -0.432. The third-order valence-electron chi connectivity index (χ3n) is 25.5. The van der Waals surface area contributed by atoms with E-state index in [2.05, 4.69) is 107 Å². The molecule has 11 heterocycles. The third-order valence-corrected chi connectivity index (χ3v) is 30.5. The second kappa shape index (κ2) is 45.9. The van der Waals surface area contributed by atoms with Gasteiger partial charge in [-0.3, -0.25) is 33.7 Å². The first-order valence-electron chi connectivity index (χ1n) is 45.3. The number of amides is 4. The number of thiophene rings is 5. The van der Waals surface area contributed by atoms with Crippen LogP contribution < -0.4 is 21.3 Å². The molecule has 26 heteroatoms. The van der Waals surface area contributed by atoms with Crippen molar-refractivity contribution in [2.75, 3.05) is 31.5 Å². The number of aromatic nitrogens is 4. The molecule has 14 aromatic rings. The van der Waals surface area contributed by atoms with Crippen LogP contribution in [-0.4, -0.2) is 132 Å². The number of carboxylic acids is 1. The number of carbonyl (C=O) groups is 7. The van der Waals surface area contributed by atoms with E-state index in [0.717, 1.165) is 139 Å². The Kier molecular flexibility index (Phi) is 33.7. The van der Waals surface area contributed by atoms with Gasteiger partial charge in [-0.15, -0.1) is 56.7 Å².